The number of nitrogens with one attached hydrogen (secondary N) is 3. The van der Waals surface area contributed by atoms with Crippen LogP contribution in [0.3, 0.4) is 0 Å². The highest BCUT2D eigenvalue weighted by molar-refractivity contribution is 7.20. The number of carbonyl (C=O) groups excluding carboxylic acids is 1. The molecule has 0 aliphatic carbocycles. The average molecular weight is 381 g/mol. The molecule has 1 aromatic carbocycles. The molecule has 0 aliphatic heterocycles. The van der Waals surface area contributed by atoms with E-state index in [0.717, 1.165) is 11.0 Å². The van der Waals surface area contributed by atoms with Crippen molar-refractivity contribution < 1.29 is 4.79 Å². The highest BCUT2D eigenvalue weighted by atomic mass is 32.1. The molecule has 8 heteroatoms. The minimum atomic E-state index is -0.277. The van der Waals surface area contributed by atoms with E-state index in [9.17, 15) is 9.59 Å². The number of carbonyl (C=O) groups is 1. The van der Waals surface area contributed by atoms with E-state index >= 15 is 0 Å². The van der Waals surface area contributed by atoms with Gasteiger partial charge in [-0.2, -0.15) is 0 Å². The summed E-state index contributed by atoms with van der Waals surface area (Å²) < 4.78 is 0. The highest BCUT2D eigenvalue weighted by Gasteiger charge is 2.25. The fourth-order valence-electron chi connectivity index (χ4n) is 3.17. The summed E-state index contributed by atoms with van der Waals surface area (Å²) in [6.45, 7) is 5.83. The van der Waals surface area contributed by atoms with Crippen LogP contribution >= 0.6 is 11.3 Å². The molecule has 1 amide bonds. The quantitative estimate of drug-likeness (QED) is 0.504. The van der Waals surface area contributed by atoms with Crippen LogP contribution in [0.4, 0.5) is 0 Å². The van der Waals surface area contributed by atoms with Crippen molar-refractivity contribution in [3.8, 4) is 0 Å². The van der Waals surface area contributed by atoms with Gasteiger partial charge in [-0.1, -0.05) is 26.0 Å². The molecule has 0 saturated heterocycles. The number of para-hydroxylation sites is 2. The van der Waals surface area contributed by atoms with Crippen molar-refractivity contribution in [3.63, 3.8) is 0 Å². The number of aryl methyl sites for hydroxylation is 1. The Hall–Kier alpha value is -3.00. The number of nitrogens with zero attached hydrogens (tertiary/aromatic N) is 2. The molecule has 1 atom stereocenters. The number of fused-ring (bicyclic) bond motifs is 2. The first-order valence-electron chi connectivity index (χ1n) is 8.68. The molecule has 0 saturated carbocycles. The van der Waals surface area contributed by atoms with Gasteiger partial charge in [-0.25, -0.2) is 9.97 Å². The maximum atomic E-state index is 13.0. The normalized spacial score (nSPS) is 12.7. The summed E-state index contributed by atoms with van der Waals surface area (Å²) in [7, 11) is 0. The first-order valence-corrected chi connectivity index (χ1v) is 9.49. The van der Waals surface area contributed by atoms with Gasteiger partial charge >= 0.3 is 0 Å². The van der Waals surface area contributed by atoms with Crippen LogP contribution in [0.5, 0.6) is 0 Å². The van der Waals surface area contributed by atoms with Crippen molar-refractivity contribution in [1.82, 2.24) is 25.3 Å². The second-order valence-corrected chi connectivity index (χ2v) is 7.80. The summed E-state index contributed by atoms with van der Waals surface area (Å²) in [5.41, 5.74) is 2.21. The van der Waals surface area contributed by atoms with Gasteiger partial charge in [0.05, 0.1) is 33.7 Å². The largest absolute Gasteiger partial charge is 0.341 e. The van der Waals surface area contributed by atoms with Gasteiger partial charge in [0.2, 0.25) is 0 Å². The average Bonchev–Trinajstić information content (AvgIpc) is 3.21. The van der Waals surface area contributed by atoms with Gasteiger partial charge in [0.1, 0.15) is 10.7 Å². The summed E-state index contributed by atoms with van der Waals surface area (Å²) >= 11 is 1.23. The molecule has 0 bridgehead atoms. The zero-order valence-corrected chi connectivity index (χ0v) is 16.0. The number of benzene rings is 1. The Bertz CT molecular complexity index is 1170. The van der Waals surface area contributed by atoms with Crippen molar-refractivity contribution in [2.45, 2.75) is 26.8 Å². The second kappa shape index (κ2) is 6.62. The predicted octanol–water partition coefficient (Wildman–Crippen LogP) is 3.30. The van der Waals surface area contributed by atoms with Crippen LogP contribution in [0, 0.1) is 12.8 Å². The Morgan fingerprint density at radius 1 is 1.26 bits per heavy atom. The molecule has 3 aromatic heterocycles. The van der Waals surface area contributed by atoms with Gasteiger partial charge in [-0.3, -0.25) is 9.59 Å². The van der Waals surface area contributed by atoms with E-state index in [1.807, 2.05) is 38.1 Å². The molecule has 1 unspecified atom stereocenters. The van der Waals surface area contributed by atoms with Gasteiger partial charge < -0.3 is 15.3 Å². The van der Waals surface area contributed by atoms with Gasteiger partial charge in [0.15, 0.2) is 0 Å². The van der Waals surface area contributed by atoms with Crippen molar-refractivity contribution >= 4 is 38.5 Å². The fraction of sp³-hybridized carbons (Fsp3) is 0.263. The molecule has 0 spiro atoms. The highest BCUT2D eigenvalue weighted by Crippen LogP contribution is 2.28. The van der Waals surface area contributed by atoms with Crippen LogP contribution in [0.2, 0.25) is 0 Å². The number of rotatable bonds is 4. The summed E-state index contributed by atoms with van der Waals surface area (Å²) in [6.07, 6.45) is 1.35. The SMILES string of the molecule is Cc1c(C(=O)NC(c2nc3ccccc3[nH]2)C(C)C)sc2nc[nH]c(=O)c12. The first kappa shape index (κ1) is 17.4. The van der Waals surface area contributed by atoms with Crippen LogP contribution in [-0.2, 0) is 0 Å². The molecule has 138 valence electrons. The molecule has 27 heavy (non-hydrogen) atoms. The molecule has 7 nitrogen and oxygen atoms in total. The lowest BCUT2D eigenvalue weighted by molar-refractivity contribution is 0.0927. The Balaban J connectivity index is 1.70. The minimum absolute atomic E-state index is 0.130. The smallest absolute Gasteiger partial charge is 0.262 e. The van der Waals surface area contributed by atoms with Crippen LogP contribution in [0.25, 0.3) is 21.3 Å². The van der Waals surface area contributed by atoms with Crippen molar-refractivity contribution in [3.05, 3.63) is 57.2 Å². The number of aromatic nitrogens is 4. The number of hydrogen-bond donors (Lipinski definition) is 3. The maximum Gasteiger partial charge on any atom is 0.262 e. The topological polar surface area (TPSA) is 104 Å². The molecule has 3 heterocycles. The van der Waals surface area contributed by atoms with E-state index in [-0.39, 0.29) is 23.4 Å². The molecule has 0 fully saturated rings. The summed E-state index contributed by atoms with van der Waals surface area (Å²) in [5, 5.41) is 3.54. The Morgan fingerprint density at radius 2 is 2.04 bits per heavy atom. The molecule has 3 N–H and O–H groups in total. The van der Waals surface area contributed by atoms with Crippen molar-refractivity contribution in [1.29, 1.82) is 0 Å². The van der Waals surface area contributed by atoms with Gasteiger partial charge in [-0.05, 0) is 30.5 Å². The van der Waals surface area contributed by atoms with E-state index in [0.29, 0.717) is 26.5 Å². The van der Waals surface area contributed by atoms with Gasteiger partial charge in [-0.15, -0.1) is 11.3 Å². The Morgan fingerprint density at radius 3 is 2.74 bits per heavy atom. The summed E-state index contributed by atoms with van der Waals surface area (Å²) in [6, 6.07) is 7.49. The van der Waals surface area contributed by atoms with Gasteiger partial charge in [0.25, 0.3) is 11.5 Å². The molecule has 0 radical (unpaired) electrons. The number of imidazole rings is 1. The number of hydrogen-bond acceptors (Lipinski definition) is 5. The maximum absolute atomic E-state index is 13.0. The number of H-pyrrole nitrogens is 2. The second-order valence-electron chi connectivity index (χ2n) is 6.80. The zero-order valence-electron chi connectivity index (χ0n) is 15.2. The Kier molecular flexibility index (Phi) is 4.27. The molecular formula is C19H19N5O2S. The van der Waals surface area contributed by atoms with Gasteiger partial charge in [0, 0.05) is 0 Å². The lowest BCUT2D eigenvalue weighted by Crippen LogP contribution is -2.32. The van der Waals surface area contributed by atoms with Crippen LogP contribution in [0.15, 0.2) is 35.4 Å². The Labute approximate surface area is 158 Å². The zero-order chi connectivity index (χ0) is 19.1. The number of amides is 1. The lowest BCUT2D eigenvalue weighted by Gasteiger charge is -2.20. The predicted molar refractivity (Wildman–Crippen MR) is 106 cm³/mol. The van der Waals surface area contributed by atoms with E-state index in [2.05, 4.69) is 25.3 Å². The lowest BCUT2D eigenvalue weighted by atomic mass is 10.0. The van der Waals surface area contributed by atoms with Crippen LogP contribution in [0.1, 0.15) is 40.9 Å². The third-order valence-electron chi connectivity index (χ3n) is 4.59. The third kappa shape index (κ3) is 3.02. The van der Waals surface area contributed by atoms with E-state index in [4.69, 9.17) is 0 Å². The van der Waals surface area contributed by atoms with E-state index < -0.39 is 0 Å². The summed E-state index contributed by atoms with van der Waals surface area (Å²) in [4.78, 5) is 40.7. The molecule has 4 aromatic rings. The summed E-state index contributed by atoms with van der Waals surface area (Å²) in [5.74, 6) is 0.620. The molecule has 0 aliphatic rings. The number of aromatic amines is 2. The minimum Gasteiger partial charge on any atom is -0.341 e. The van der Waals surface area contributed by atoms with Crippen molar-refractivity contribution in [2.75, 3.05) is 0 Å². The van der Waals surface area contributed by atoms with Crippen molar-refractivity contribution in [2.24, 2.45) is 5.92 Å². The van der Waals surface area contributed by atoms with E-state index in [1.165, 1.54) is 17.7 Å². The monoisotopic (exact) mass is 381 g/mol. The first-order chi connectivity index (χ1) is 13.0. The molecule has 4 rings (SSSR count). The van der Waals surface area contributed by atoms with E-state index in [1.54, 1.807) is 6.92 Å². The number of thiophene rings is 1. The fourth-order valence-corrected chi connectivity index (χ4v) is 4.23. The standard InChI is InChI=1S/C19H19N5O2S/c1-9(2)14(16-22-11-6-4-5-7-12(11)23-16)24-18(26)15-10(3)13-17(25)20-8-21-19(13)27-15/h4-9,14H,1-3H3,(H,22,23)(H,24,26)(H,20,21,25). The van der Waals surface area contributed by atoms with Crippen LogP contribution in [-0.4, -0.2) is 25.8 Å². The third-order valence-corrected chi connectivity index (χ3v) is 5.79. The van der Waals surface area contributed by atoms with Crippen LogP contribution < -0.4 is 10.9 Å². The molecular weight excluding hydrogens is 362 g/mol.